The van der Waals surface area contributed by atoms with Gasteiger partial charge in [-0.2, -0.15) is 5.26 Å². The summed E-state index contributed by atoms with van der Waals surface area (Å²) < 4.78 is 5.61. The van der Waals surface area contributed by atoms with Gasteiger partial charge in [0.05, 0.1) is 23.5 Å². The summed E-state index contributed by atoms with van der Waals surface area (Å²) in [6.45, 7) is 16.5. The Bertz CT molecular complexity index is 1350. The van der Waals surface area contributed by atoms with Crippen LogP contribution in [0.3, 0.4) is 0 Å². The molecule has 2 heterocycles. The summed E-state index contributed by atoms with van der Waals surface area (Å²) in [6, 6.07) is 12.2. The lowest BCUT2D eigenvalue weighted by Crippen LogP contribution is -2.40. The van der Waals surface area contributed by atoms with Crippen molar-refractivity contribution in [3.63, 3.8) is 0 Å². The maximum atomic E-state index is 12.8. The van der Waals surface area contributed by atoms with Crippen molar-refractivity contribution in [1.29, 1.82) is 5.26 Å². The largest absolute Gasteiger partial charge is 0.444 e. The Morgan fingerprint density at radius 2 is 1.78 bits per heavy atom. The fourth-order valence-corrected chi connectivity index (χ4v) is 5.64. The molecule has 0 radical (unpaired) electrons. The Hall–Kier alpha value is -3.79. The van der Waals surface area contributed by atoms with Gasteiger partial charge in [-0.1, -0.05) is 77.1 Å². The number of hydrogen-bond donors (Lipinski definition) is 0. The molecule has 1 amide bonds. The highest BCUT2D eigenvalue weighted by molar-refractivity contribution is 6.01. The molecule has 0 spiro atoms. The van der Waals surface area contributed by atoms with E-state index in [0.717, 1.165) is 40.9 Å². The summed E-state index contributed by atoms with van der Waals surface area (Å²) in [4.78, 5) is 37.4. The minimum absolute atomic E-state index is 0.0762. The van der Waals surface area contributed by atoms with Gasteiger partial charge in [0.15, 0.2) is 11.6 Å². The minimum Gasteiger partial charge on any atom is -0.444 e. The lowest BCUT2D eigenvalue weighted by Gasteiger charge is -2.38. The molecule has 1 aliphatic heterocycles. The Balaban J connectivity index is 0.00000111. The van der Waals surface area contributed by atoms with Crippen LogP contribution in [-0.2, 0) is 16.0 Å². The number of ether oxygens (including phenoxy) is 1. The van der Waals surface area contributed by atoms with E-state index in [9.17, 15) is 14.9 Å². The van der Waals surface area contributed by atoms with Gasteiger partial charge in [0, 0.05) is 35.1 Å². The summed E-state index contributed by atoms with van der Waals surface area (Å²) in [5.41, 5.74) is 4.38. The van der Waals surface area contributed by atoms with Gasteiger partial charge in [-0.25, -0.2) is 14.8 Å². The van der Waals surface area contributed by atoms with Gasteiger partial charge in [-0.15, -0.1) is 0 Å². The molecule has 1 aromatic heterocycles. The van der Waals surface area contributed by atoms with E-state index in [0.29, 0.717) is 25.3 Å². The van der Waals surface area contributed by atoms with E-state index in [1.807, 2.05) is 91.8 Å². The normalized spacial score (nSPS) is 21.3. The molecule has 3 aliphatic rings. The van der Waals surface area contributed by atoms with E-state index in [-0.39, 0.29) is 35.2 Å². The van der Waals surface area contributed by atoms with E-state index >= 15 is 0 Å². The van der Waals surface area contributed by atoms with Crippen molar-refractivity contribution >= 4 is 17.4 Å². The van der Waals surface area contributed by atoms with Crippen molar-refractivity contribution in [3.8, 4) is 17.3 Å². The zero-order valence-electron chi connectivity index (χ0n) is 25.8. The fraction of sp³-hybridized carbons (Fsp3) is 0.500. The van der Waals surface area contributed by atoms with Gasteiger partial charge in [0.1, 0.15) is 11.7 Å². The standard InChI is InChI=1S/C30H32N4O3.2C2H6/c1-18-22-12-13-23-25(19-9-6-5-7-10-19)32-28(33-26(23)24(22)15-21(16-31)27(18)35)20-11-8-14-34(17-20)29(36)37-30(2,3)4;2*1-2/h5-7,9-11,15,18,22,24H,8,12-14,17H2,1-4H3;2*1-2H3. The predicted octanol–water partition coefficient (Wildman–Crippen LogP) is 7.53. The van der Waals surface area contributed by atoms with Crippen LogP contribution in [0.1, 0.15) is 91.2 Å². The minimum atomic E-state index is -0.573. The summed E-state index contributed by atoms with van der Waals surface area (Å²) in [5.74, 6) is 0.257. The molecule has 0 N–H and O–H groups in total. The van der Waals surface area contributed by atoms with Gasteiger partial charge < -0.3 is 9.64 Å². The lowest BCUT2D eigenvalue weighted by atomic mass is 9.66. The molecule has 0 saturated heterocycles. The number of aromatic nitrogens is 2. The second-order valence-electron chi connectivity index (χ2n) is 11.1. The zero-order chi connectivity index (χ0) is 30.3. The number of carbonyl (C=O) groups excluding carboxylic acids is 2. The highest BCUT2D eigenvalue weighted by Gasteiger charge is 2.42. The first-order valence-electron chi connectivity index (χ1n) is 15.0. The molecule has 7 heteroatoms. The first kappa shape index (κ1) is 31.7. The molecular formula is C34H44N4O3. The molecule has 41 heavy (non-hydrogen) atoms. The molecule has 2 aliphatic carbocycles. The third kappa shape index (κ3) is 6.93. The predicted molar refractivity (Wildman–Crippen MR) is 163 cm³/mol. The second kappa shape index (κ2) is 13.7. The average molecular weight is 557 g/mol. The third-order valence-electron chi connectivity index (χ3n) is 7.47. The van der Waals surface area contributed by atoms with Gasteiger partial charge in [0.25, 0.3) is 0 Å². The molecule has 3 unspecified atom stereocenters. The van der Waals surface area contributed by atoms with Crippen LogP contribution in [0.2, 0.25) is 0 Å². The molecule has 2 aromatic rings. The number of rotatable bonds is 2. The SMILES string of the molecule is CC.CC.CC1C(=O)C(C#N)=CC2c3nc(C4=CCCN(C(=O)OC(C)(C)C)C4)nc(-c4ccccc4)c3CCC12. The smallest absolute Gasteiger partial charge is 0.410 e. The molecule has 1 aromatic carbocycles. The van der Waals surface area contributed by atoms with Crippen LogP contribution in [0, 0.1) is 23.2 Å². The highest BCUT2D eigenvalue weighted by Crippen LogP contribution is 2.46. The molecule has 0 fully saturated rings. The van der Waals surface area contributed by atoms with Crippen LogP contribution in [0.15, 0.2) is 48.1 Å². The van der Waals surface area contributed by atoms with Crippen LogP contribution < -0.4 is 0 Å². The number of ketones is 1. The van der Waals surface area contributed by atoms with Crippen molar-refractivity contribution in [3.05, 3.63) is 65.1 Å². The summed E-state index contributed by atoms with van der Waals surface area (Å²) in [5, 5.41) is 9.64. The lowest BCUT2D eigenvalue weighted by molar-refractivity contribution is -0.120. The van der Waals surface area contributed by atoms with Crippen molar-refractivity contribution in [1.82, 2.24) is 14.9 Å². The highest BCUT2D eigenvalue weighted by atomic mass is 16.6. The molecular weight excluding hydrogens is 512 g/mol. The van der Waals surface area contributed by atoms with Crippen molar-refractivity contribution in [2.24, 2.45) is 11.8 Å². The molecule has 0 bridgehead atoms. The Morgan fingerprint density at radius 3 is 2.41 bits per heavy atom. The van der Waals surface area contributed by atoms with E-state index in [1.165, 1.54) is 0 Å². The van der Waals surface area contributed by atoms with Gasteiger partial charge >= 0.3 is 6.09 Å². The van der Waals surface area contributed by atoms with Crippen LogP contribution >= 0.6 is 0 Å². The van der Waals surface area contributed by atoms with Gasteiger partial charge in [-0.05, 0) is 46.0 Å². The topological polar surface area (TPSA) is 96.2 Å². The van der Waals surface area contributed by atoms with Gasteiger partial charge in [-0.3, -0.25) is 4.79 Å². The Morgan fingerprint density at radius 1 is 1.10 bits per heavy atom. The van der Waals surface area contributed by atoms with E-state index in [2.05, 4.69) is 12.1 Å². The summed E-state index contributed by atoms with van der Waals surface area (Å²) >= 11 is 0. The average Bonchev–Trinajstić information content (AvgIpc) is 2.99. The van der Waals surface area contributed by atoms with E-state index in [1.54, 1.807) is 4.90 Å². The zero-order valence-corrected chi connectivity index (χ0v) is 25.8. The molecule has 5 rings (SSSR count). The maximum absolute atomic E-state index is 12.8. The number of carbonyl (C=O) groups is 2. The van der Waals surface area contributed by atoms with Crippen molar-refractivity contribution < 1.29 is 14.3 Å². The van der Waals surface area contributed by atoms with Crippen molar-refractivity contribution in [2.45, 2.75) is 86.2 Å². The van der Waals surface area contributed by atoms with Gasteiger partial charge in [0.2, 0.25) is 0 Å². The van der Waals surface area contributed by atoms with Crippen LogP contribution in [-0.4, -0.2) is 45.4 Å². The van der Waals surface area contributed by atoms with Crippen LogP contribution in [0.25, 0.3) is 16.8 Å². The number of amides is 1. The number of nitrogens with zero attached hydrogens (tertiary/aromatic N) is 4. The number of nitriles is 1. The fourth-order valence-electron chi connectivity index (χ4n) is 5.64. The monoisotopic (exact) mass is 556 g/mol. The number of fused-ring (bicyclic) bond motifs is 3. The maximum Gasteiger partial charge on any atom is 0.410 e. The number of hydrogen-bond acceptors (Lipinski definition) is 6. The quantitative estimate of drug-likeness (QED) is 0.379. The molecule has 218 valence electrons. The third-order valence-corrected chi connectivity index (χ3v) is 7.47. The summed E-state index contributed by atoms with van der Waals surface area (Å²) in [6.07, 6.45) is 5.88. The summed E-state index contributed by atoms with van der Waals surface area (Å²) in [7, 11) is 0. The second-order valence-corrected chi connectivity index (χ2v) is 11.1. The molecule has 3 atom stereocenters. The number of allylic oxidation sites excluding steroid dienone is 2. The van der Waals surface area contributed by atoms with Crippen LogP contribution in [0.4, 0.5) is 4.79 Å². The van der Waals surface area contributed by atoms with Crippen LogP contribution in [0.5, 0.6) is 0 Å². The first-order valence-corrected chi connectivity index (χ1v) is 15.0. The number of benzene rings is 1. The first-order chi connectivity index (χ1) is 19.7. The number of Topliss-reactive ketones (excluding diaryl/α,β-unsaturated/α-hetero) is 1. The molecule has 0 saturated carbocycles. The van der Waals surface area contributed by atoms with E-state index < -0.39 is 5.60 Å². The Labute approximate surface area is 245 Å². The molecule has 7 nitrogen and oxygen atoms in total. The van der Waals surface area contributed by atoms with E-state index in [4.69, 9.17) is 14.7 Å². The Kier molecular flexibility index (Phi) is 10.6. The van der Waals surface area contributed by atoms with Crippen molar-refractivity contribution in [2.75, 3.05) is 13.1 Å².